The quantitative estimate of drug-likeness (QED) is 0.716. The van der Waals surface area contributed by atoms with E-state index in [1.807, 2.05) is 35.9 Å². The molecule has 1 aromatic heterocycles. The molecule has 2 aromatic carbocycles. The first-order chi connectivity index (χ1) is 12.3. The maximum absolute atomic E-state index is 5.46. The van der Waals surface area contributed by atoms with Gasteiger partial charge in [-0.25, -0.2) is 0 Å². The highest BCUT2D eigenvalue weighted by Crippen LogP contribution is 2.35. The van der Waals surface area contributed by atoms with Crippen molar-refractivity contribution in [1.29, 1.82) is 0 Å². The number of rotatable bonds is 5. The zero-order chi connectivity index (χ0) is 17.2. The number of anilines is 1. The Balaban J connectivity index is 1.63. The van der Waals surface area contributed by atoms with Gasteiger partial charge < -0.3 is 14.4 Å². The van der Waals surface area contributed by atoms with Gasteiger partial charge in [-0.3, -0.25) is 4.57 Å². The number of fused-ring (bicyclic) bond motifs is 1. The van der Waals surface area contributed by atoms with Gasteiger partial charge in [-0.2, -0.15) is 0 Å². The van der Waals surface area contributed by atoms with Crippen LogP contribution in [-0.2, 0) is 13.6 Å². The minimum absolute atomic E-state index is 0.267. The minimum Gasteiger partial charge on any atom is -0.454 e. The SMILES string of the molecule is CCN(Cc1ccccc1)c1nnc(-c2ccc3c(c2)OCO3)n1C. The lowest BCUT2D eigenvalue weighted by Crippen LogP contribution is -2.25. The second kappa shape index (κ2) is 6.47. The van der Waals surface area contributed by atoms with Gasteiger partial charge in [0.25, 0.3) is 0 Å². The Labute approximate surface area is 146 Å². The highest BCUT2D eigenvalue weighted by atomic mass is 16.7. The Kier molecular flexibility index (Phi) is 4.01. The molecule has 0 atom stereocenters. The molecule has 0 aliphatic carbocycles. The van der Waals surface area contributed by atoms with Crippen LogP contribution in [0.4, 0.5) is 5.95 Å². The van der Waals surface area contributed by atoms with Gasteiger partial charge in [-0.15, -0.1) is 10.2 Å². The smallest absolute Gasteiger partial charge is 0.231 e. The molecule has 4 rings (SSSR count). The molecule has 0 bridgehead atoms. The van der Waals surface area contributed by atoms with Crippen LogP contribution >= 0.6 is 0 Å². The Morgan fingerprint density at radius 1 is 1.04 bits per heavy atom. The van der Waals surface area contributed by atoms with Crippen molar-refractivity contribution in [2.45, 2.75) is 13.5 Å². The van der Waals surface area contributed by atoms with Gasteiger partial charge in [-0.05, 0) is 30.7 Å². The summed E-state index contributed by atoms with van der Waals surface area (Å²) in [4.78, 5) is 2.21. The second-order valence-electron chi connectivity index (χ2n) is 5.95. The summed E-state index contributed by atoms with van der Waals surface area (Å²) >= 11 is 0. The van der Waals surface area contributed by atoms with Gasteiger partial charge in [0.2, 0.25) is 12.7 Å². The molecule has 0 amide bonds. The van der Waals surface area contributed by atoms with E-state index in [4.69, 9.17) is 9.47 Å². The normalized spacial score (nSPS) is 12.4. The van der Waals surface area contributed by atoms with Crippen LogP contribution in [0.1, 0.15) is 12.5 Å². The van der Waals surface area contributed by atoms with E-state index in [2.05, 4.69) is 46.3 Å². The first kappa shape index (κ1) is 15.5. The molecule has 0 fully saturated rings. The standard InChI is InChI=1S/C19H20N4O2/c1-3-23(12-14-7-5-4-6-8-14)19-21-20-18(22(19)2)15-9-10-16-17(11-15)25-13-24-16/h4-11H,3,12-13H2,1-2H3. The molecule has 25 heavy (non-hydrogen) atoms. The Morgan fingerprint density at radius 3 is 2.64 bits per heavy atom. The predicted octanol–water partition coefficient (Wildman–Crippen LogP) is 3.24. The first-order valence-corrected chi connectivity index (χ1v) is 8.34. The maximum atomic E-state index is 5.46. The van der Waals surface area contributed by atoms with Crippen LogP contribution in [0.3, 0.4) is 0 Å². The van der Waals surface area contributed by atoms with Crippen molar-refractivity contribution in [1.82, 2.24) is 14.8 Å². The molecule has 6 heteroatoms. The van der Waals surface area contributed by atoms with E-state index < -0.39 is 0 Å². The molecule has 0 spiro atoms. The third kappa shape index (κ3) is 2.91. The molecule has 0 saturated carbocycles. The van der Waals surface area contributed by atoms with E-state index in [-0.39, 0.29) is 6.79 Å². The molecule has 3 aromatic rings. The van der Waals surface area contributed by atoms with E-state index in [1.165, 1.54) is 5.56 Å². The number of nitrogens with zero attached hydrogens (tertiary/aromatic N) is 4. The van der Waals surface area contributed by atoms with Crippen molar-refractivity contribution in [3.8, 4) is 22.9 Å². The first-order valence-electron chi connectivity index (χ1n) is 8.34. The fourth-order valence-electron chi connectivity index (χ4n) is 3.01. The van der Waals surface area contributed by atoms with E-state index in [9.17, 15) is 0 Å². The van der Waals surface area contributed by atoms with E-state index in [0.717, 1.165) is 41.9 Å². The molecule has 1 aliphatic rings. The van der Waals surface area contributed by atoms with Crippen molar-refractivity contribution < 1.29 is 9.47 Å². The van der Waals surface area contributed by atoms with Crippen molar-refractivity contribution in [2.24, 2.45) is 7.05 Å². The van der Waals surface area contributed by atoms with Gasteiger partial charge in [0.05, 0.1) is 0 Å². The molecule has 6 nitrogen and oxygen atoms in total. The molecule has 0 unspecified atom stereocenters. The van der Waals surface area contributed by atoms with Gasteiger partial charge >= 0.3 is 0 Å². The predicted molar refractivity (Wildman–Crippen MR) is 95.7 cm³/mol. The highest BCUT2D eigenvalue weighted by Gasteiger charge is 2.19. The third-order valence-corrected chi connectivity index (χ3v) is 4.36. The van der Waals surface area contributed by atoms with Crippen LogP contribution < -0.4 is 14.4 Å². The van der Waals surface area contributed by atoms with Crippen LogP contribution in [0.5, 0.6) is 11.5 Å². The average molecular weight is 336 g/mol. The summed E-state index contributed by atoms with van der Waals surface area (Å²) in [5.74, 6) is 3.17. The lowest BCUT2D eigenvalue weighted by atomic mass is 10.2. The number of ether oxygens (including phenoxy) is 2. The van der Waals surface area contributed by atoms with Gasteiger partial charge in [-0.1, -0.05) is 30.3 Å². The molecular weight excluding hydrogens is 316 g/mol. The van der Waals surface area contributed by atoms with Crippen LogP contribution in [0.25, 0.3) is 11.4 Å². The monoisotopic (exact) mass is 336 g/mol. The lowest BCUT2D eigenvalue weighted by molar-refractivity contribution is 0.174. The van der Waals surface area contributed by atoms with Gasteiger partial charge in [0, 0.05) is 25.7 Å². The topological polar surface area (TPSA) is 52.4 Å². The molecule has 0 saturated heterocycles. The van der Waals surface area contributed by atoms with Crippen LogP contribution in [0, 0.1) is 0 Å². The fraction of sp³-hybridized carbons (Fsp3) is 0.263. The number of aromatic nitrogens is 3. The van der Waals surface area contributed by atoms with Crippen molar-refractivity contribution >= 4 is 5.95 Å². The summed E-state index contributed by atoms with van der Waals surface area (Å²) < 4.78 is 12.9. The minimum atomic E-state index is 0.267. The van der Waals surface area contributed by atoms with Crippen LogP contribution in [0.2, 0.25) is 0 Å². The molecule has 0 N–H and O–H groups in total. The van der Waals surface area contributed by atoms with Crippen LogP contribution in [-0.4, -0.2) is 28.1 Å². The average Bonchev–Trinajstić information content (AvgIpc) is 3.26. The Hall–Kier alpha value is -3.02. The van der Waals surface area contributed by atoms with Gasteiger partial charge in [0.1, 0.15) is 0 Å². The van der Waals surface area contributed by atoms with Gasteiger partial charge in [0.15, 0.2) is 17.3 Å². The van der Waals surface area contributed by atoms with Crippen LogP contribution in [0.15, 0.2) is 48.5 Å². The summed E-state index contributed by atoms with van der Waals surface area (Å²) in [6.07, 6.45) is 0. The molecule has 2 heterocycles. The third-order valence-electron chi connectivity index (χ3n) is 4.36. The molecular formula is C19H20N4O2. The summed E-state index contributed by atoms with van der Waals surface area (Å²) in [5, 5.41) is 8.82. The van der Waals surface area contributed by atoms with Crippen molar-refractivity contribution in [2.75, 3.05) is 18.2 Å². The summed E-state index contributed by atoms with van der Waals surface area (Å²) in [6, 6.07) is 16.2. The van der Waals surface area contributed by atoms with E-state index in [0.29, 0.717) is 0 Å². The maximum Gasteiger partial charge on any atom is 0.231 e. The fourth-order valence-corrected chi connectivity index (χ4v) is 3.01. The highest BCUT2D eigenvalue weighted by molar-refractivity contribution is 5.63. The number of benzene rings is 2. The number of hydrogen-bond donors (Lipinski definition) is 0. The molecule has 0 radical (unpaired) electrons. The summed E-state index contributed by atoms with van der Waals surface area (Å²) in [5.41, 5.74) is 2.21. The molecule has 1 aliphatic heterocycles. The Bertz CT molecular complexity index is 876. The van der Waals surface area contributed by atoms with Crippen molar-refractivity contribution in [3.05, 3.63) is 54.1 Å². The second-order valence-corrected chi connectivity index (χ2v) is 5.95. The number of hydrogen-bond acceptors (Lipinski definition) is 5. The van der Waals surface area contributed by atoms with E-state index in [1.54, 1.807) is 0 Å². The molecule has 128 valence electrons. The van der Waals surface area contributed by atoms with Crippen molar-refractivity contribution in [3.63, 3.8) is 0 Å². The zero-order valence-electron chi connectivity index (χ0n) is 14.3. The Morgan fingerprint density at radius 2 is 1.84 bits per heavy atom. The largest absolute Gasteiger partial charge is 0.454 e. The summed E-state index contributed by atoms with van der Waals surface area (Å²) in [7, 11) is 1.99. The van der Waals surface area contributed by atoms with E-state index >= 15 is 0 Å². The summed E-state index contributed by atoms with van der Waals surface area (Å²) in [6.45, 7) is 4.04. The lowest BCUT2D eigenvalue weighted by Gasteiger charge is -2.21. The zero-order valence-corrected chi connectivity index (χ0v) is 14.3.